The number of benzene rings is 2. The third-order valence-corrected chi connectivity index (χ3v) is 8.20. The van der Waals surface area contributed by atoms with Crippen molar-refractivity contribution < 1.29 is 13.2 Å². The predicted molar refractivity (Wildman–Crippen MR) is 124 cm³/mol. The molecule has 1 amide bonds. The lowest BCUT2D eigenvalue weighted by Gasteiger charge is -2.34. The highest BCUT2D eigenvalue weighted by molar-refractivity contribution is 7.89. The topological polar surface area (TPSA) is 75.5 Å². The standard InChI is InChI=1S/C22H22Cl2N4O3S/c1-16-19(14-25-28(16)15-17-5-3-2-4-6-17)22(29)26-9-11-27(12-10-26)32(30,31)18-7-8-20(23)21(24)13-18/h2-8,13-14H,9-12,15H2,1H3. The summed E-state index contributed by atoms with van der Waals surface area (Å²) < 4.78 is 29.0. The fourth-order valence-electron chi connectivity index (χ4n) is 3.66. The second-order valence-electron chi connectivity index (χ2n) is 7.56. The number of nitrogens with zero attached hydrogens (tertiary/aromatic N) is 4. The van der Waals surface area contributed by atoms with Gasteiger partial charge in [-0.1, -0.05) is 53.5 Å². The van der Waals surface area contributed by atoms with Crippen LogP contribution < -0.4 is 0 Å². The normalized spacial score (nSPS) is 15.2. The summed E-state index contributed by atoms with van der Waals surface area (Å²) in [6.45, 7) is 3.44. The number of carbonyl (C=O) groups excluding carboxylic acids is 1. The summed E-state index contributed by atoms with van der Waals surface area (Å²) in [6.07, 6.45) is 1.58. The van der Waals surface area contributed by atoms with Crippen LogP contribution in [0.3, 0.4) is 0 Å². The van der Waals surface area contributed by atoms with Crippen LogP contribution in [0.4, 0.5) is 0 Å². The van der Waals surface area contributed by atoms with Gasteiger partial charge >= 0.3 is 0 Å². The Bertz CT molecular complexity index is 1240. The Balaban J connectivity index is 1.43. The quantitative estimate of drug-likeness (QED) is 0.544. The molecule has 168 valence electrons. The molecule has 2 aromatic carbocycles. The Hall–Kier alpha value is -2.39. The highest BCUT2D eigenvalue weighted by Gasteiger charge is 2.31. The van der Waals surface area contributed by atoms with Crippen molar-refractivity contribution >= 4 is 39.1 Å². The van der Waals surface area contributed by atoms with Gasteiger partial charge < -0.3 is 4.90 Å². The van der Waals surface area contributed by atoms with E-state index in [2.05, 4.69) is 5.10 Å². The molecule has 0 unspecified atom stereocenters. The Labute approximate surface area is 197 Å². The number of hydrogen-bond donors (Lipinski definition) is 0. The minimum Gasteiger partial charge on any atom is -0.336 e. The molecule has 1 aliphatic rings. The van der Waals surface area contributed by atoms with Crippen LogP contribution in [0.15, 0.2) is 59.6 Å². The average Bonchev–Trinajstić information content (AvgIpc) is 3.15. The highest BCUT2D eigenvalue weighted by atomic mass is 35.5. The molecule has 3 aromatic rings. The van der Waals surface area contributed by atoms with Gasteiger partial charge in [0.15, 0.2) is 0 Å². The van der Waals surface area contributed by atoms with E-state index in [1.54, 1.807) is 15.8 Å². The zero-order chi connectivity index (χ0) is 22.9. The van der Waals surface area contributed by atoms with E-state index < -0.39 is 10.0 Å². The fraction of sp³-hybridized carbons (Fsp3) is 0.273. The van der Waals surface area contributed by atoms with Crippen LogP contribution >= 0.6 is 23.2 Å². The summed E-state index contributed by atoms with van der Waals surface area (Å²) in [5.41, 5.74) is 2.41. The number of aromatic nitrogens is 2. The van der Waals surface area contributed by atoms with Gasteiger partial charge in [-0.3, -0.25) is 9.48 Å². The molecule has 0 atom stereocenters. The number of carbonyl (C=O) groups is 1. The smallest absolute Gasteiger partial charge is 0.257 e. The lowest BCUT2D eigenvalue weighted by Crippen LogP contribution is -2.50. The van der Waals surface area contributed by atoms with Crippen LogP contribution in [0.5, 0.6) is 0 Å². The second-order valence-corrected chi connectivity index (χ2v) is 10.3. The number of hydrogen-bond acceptors (Lipinski definition) is 4. The highest BCUT2D eigenvalue weighted by Crippen LogP contribution is 2.27. The Morgan fingerprint density at radius 3 is 2.34 bits per heavy atom. The Morgan fingerprint density at radius 2 is 1.69 bits per heavy atom. The van der Waals surface area contributed by atoms with Crippen LogP contribution in [-0.4, -0.2) is 59.5 Å². The third kappa shape index (κ3) is 4.54. The zero-order valence-corrected chi connectivity index (χ0v) is 19.7. The molecule has 0 N–H and O–H groups in total. The average molecular weight is 493 g/mol. The largest absolute Gasteiger partial charge is 0.336 e. The molecule has 7 nitrogen and oxygen atoms in total. The number of amides is 1. The Kier molecular flexibility index (Phi) is 6.57. The van der Waals surface area contributed by atoms with Gasteiger partial charge in [0.2, 0.25) is 10.0 Å². The molecule has 0 spiro atoms. The first-order valence-electron chi connectivity index (χ1n) is 10.1. The summed E-state index contributed by atoms with van der Waals surface area (Å²) in [5.74, 6) is -0.145. The maximum absolute atomic E-state index is 13.1. The molecule has 0 radical (unpaired) electrons. The first-order chi connectivity index (χ1) is 15.3. The van der Waals surface area contributed by atoms with Gasteiger partial charge in [-0.2, -0.15) is 9.40 Å². The van der Waals surface area contributed by atoms with Crippen LogP contribution in [0.2, 0.25) is 10.0 Å². The van der Waals surface area contributed by atoms with Crippen LogP contribution in [0.1, 0.15) is 21.6 Å². The van der Waals surface area contributed by atoms with Gasteiger partial charge in [0, 0.05) is 31.9 Å². The maximum Gasteiger partial charge on any atom is 0.257 e. The summed E-state index contributed by atoms with van der Waals surface area (Å²) in [4.78, 5) is 14.8. The van der Waals surface area contributed by atoms with Gasteiger partial charge in [0.05, 0.1) is 33.2 Å². The summed E-state index contributed by atoms with van der Waals surface area (Å²) in [6, 6.07) is 14.2. The van der Waals surface area contributed by atoms with E-state index in [0.717, 1.165) is 11.3 Å². The van der Waals surface area contributed by atoms with Crippen molar-refractivity contribution in [3.05, 3.63) is 81.6 Å². The van der Waals surface area contributed by atoms with Gasteiger partial charge in [-0.15, -0.1) is 0 Å². The van der Waals surface area contributed by atoms with E-state index in [1.165, 1.54) is 22.5 Å². The molecule has 4 rings (SSSR count). The van der Waals surface area contributed by atoms with Crippen LogP contribution in [0.25, 0.3) is 0 Å². The molecular formula is C22H22Cl2N4O3S. The van der Waals surface area contributed by atoms with E-state index >= 15 is 0 Å². The lowest BCUT2D eigenvalue weighted by molar-refractivity contribution is 0.0697. The van der Waals surface area contributed by atoms with E-state index in [9.17, 15) is 13.2 Å². The molecule has 1 aliphatic heterocycles. The number of sulfonamides is 1. The molecular weight excluding hydrogens is 471 g/mol. The van der Waals surface area contributed by atoms with Crippen molar-refractivity contribution in [1.29, 1.82) is 0 Å². The molecule has 1 fully saturated rings. The minimum atomic E-state index is -3.72. The first-order valence-corrected chi connectivity index (χ1v) is 12.3. The van der Waals surface area contributed by atoms with E-state index in [0.29, 0.717) is 30.2 Å². The second kappa shape index (κ2) is 9.23. The number of rotatable bonds is 5. The molecule has 1 saturated heterocycles. The van der Waals surface area contributed by atoms with Gasteiger partial charge in [0.25, 0.3) is 5.91 Å². The number of piperazine rings is 1. The minimum absolute atomic E-state index is 0.0877. The molecule has 32 heavy (non-hydrogen) atoms. The van der Waals surface area contributed by atoms with Crippen LogP contribution in [0, 0.1) is 6.92 Å². The van der Waals surface area contributed by atoms with Crippen molar-refractivity contribution in [3.8, 4) is 0 Å². The fourth-order valence-corrected chi connectivity index (χ4v) is 5.47. The van der Waals surface area contributed by atoms with Crippen molar-refractivity contribution in [2.24, 2.45) is 0 Å². The monoisotopic (exact) mass is 492 g/mol. The first kappa shape index (κ1) is 22.8. The van der Waals surface area contributed by atoms with E-state index in [-0.39, 0.29) is 28.9 Å². The van der Waals surface area contributed by atoms with Gasteiger partial charge in [-0.25, -0.2) is 8.42 Å². The maximum atomic E-state index is 13.1. The van der Waals surface area contributed by atoms with Crippen molar-refractivity contribution in [3.63, 3.8) is 0 Å². The van der Waals surface area contributed by atoms with E-state index in [4.69, 9.17) is 23.2 Å². The van der Waals surface area contributed by atoms with Crippen molar-refractivity contribution in [2.75, 3.05) is 26.2 Å². The van der Waals surface area contributed by atoms with Crippen molar-refractivity contribution in [2.45, 2.75) is 18.4 Å². The predicted octanol–water partition coefficient (Wildman–Crippen LogP) is 3.69. The van der Waals surface area contributed by atoms with Crippen molar-refractivity contribution in [1.82, 2.24) is 19.0 Å². The van der Waals surface area contributed by atoms with Crippen LogP contribution in [-0.2, 0) is 16.6 Å². The van der Waals surface area contributed by atoms with Gasteiger partial charge in [0.1, 0.15) is 0 Å². The molecule has 10 heteroatoms. The van der Waals surface area contributed by atoms with Gasteiger partial charge in [-0.05, 0) is 30.7 Å². The lowest BCUT2D eigenvalue weighted by atomic mass is 10.2. The molecule has 2 heterocycles. The third-order valence-electron chi connectivity index (χ3n) is 5.56. The summed E-state index contributed by atoms with van der Waals surface area (Å²) >= 11 is 11.9. The molecule has 0 saturated carbocycles. The SMILES string of the molecule is Cc1c(C(=O)N2CCN(S(=O)(=O)c3ccc(Cl)c(Cl)c3)CC2)cnn1Cc1ccccc1. The Morgan fingerprint density at radius 1 is 1.00 bits per heavy atom. The molecule has 1 aromatic heterocycles. The summed E-state index contributed by atoms with van der Waals surface area (Å²) in [7, 11) is -3.72. The summed E-state index contributed by atoms with van der Waals surface area (Å²) in [5, 5.41) is 4.86. The number of halogens is 2. The van der Waals surface area contributed by atoms with E-state index in [1.807, 2.05) is 37.3 Å². The molecule has 0 aliphatic carbocycles. The molecule has 0 bridgehead atoms. The zero-order valence-electron chi connectivity index (χ0n) is 17.4.